The second-order valence-corrected chi connectivity index (χ2v) is 4.45. The highest BCUT2D eigenvalue weighted by Crippen LogP contribution is 2.20. The zero-order chi connectivity index (χ0) is 14.3. The predicted octanol–water partition coefficient (Wildman–Crippen LogP) is 2.29. The average Bonchev–Trinajstić information content (AvgIpc) is 2.38. The maximum atomic E-state index is 10.8. The van der Waals surface area contributed by atoms with Gasteiger partial charge in [-0.2, -0.15) is 0 Å². The Morgan fingerprint density at radius 3 is 2.58 bits per heavy atom. The van der Waals surface area contributed by atoms with Crippen LogP contribution in [-0.4, -0.2) is 34.7 Å². The molecule has 0 spiro atoms. The van der Waals surface area contributed by atoms with Gasteiger partial charge in [-0.15, -0.1) is 0 Å². The van der Waals surface area contributed by atoms with Crippen molar-refractivity contribution in [2.45, 2.75) is 33.1 Å². The van der Waals surface area contributed by atoms with Gasteiger partial charge in [0.2, 0.25) is 0 Å². The third-order valence-corrected chi connectivity index (χ3v) is 2.93. The van der Waals surface area contributed by atoms with E-state index in [-0.39, 0.29) is 12.3 Å². The van der Waals surface area contributed by atoms with Crippen LogP contribution in [0.3, 0.4) is 0 Å². The molecule has 0 aliphatic carbocycles. The van der Waals surface area contributed by atoms with Crippen LogP contribution in [0.4, 0.5) is 11.5 Å². The van der Waals surface area contributed by atoms with Crippen LogP contribution in [0.15, 0.2) is 12.1 Å². The maximum Gasteiger partial charge on any atom is 0.290 e. The molecule has 0 atom stereocenters. The Balaban J connectivity index is 2.88. The van der Waals surface area contributed by atoms with Crippen LogP contribution in [-0.2, 0) is 0 Å². The van der Waals surface area contributed by atoms with Crippen molar-refractivity contribution in [3.05, 3.63) is 27.9 Å². The fourth-order valence-electron chi connectivity index (χ4n) is 1.86. The van der Waals surface area contributed by atoms with E-state index in [1.54, 1.807) is 13.0 Å². The number of unbranched alkanes of at least 4 members (excludes halogenated alkanes) is 1. The Kier molecular flexibility index (Phi) is 6.21. The van der Waals surface area contributed by atoms with Crippen molar-refractivity contribution >= 4 is 11.5 Å². The van der Waals surface area contributed by atoms with Crippen LogP contribution in [0, 0.1) is 17.0 Å². The molecule has 106 valence electrons. The highest BCUT2D eigenvalue weighted by atomic mass is 16.6. The van der Waals surface area contributed by atoms with E-state index < -0.39 is 4.92 Å². The molecular formula is C13H21N3O3. The molecule has 1 rings (SSSR count). The fraction of sp³-hybridized carbons (Fsp3) is 0.615. The Labute approximate surface area is 113 Å². The number of aliphatic hydroxyl groups excluding tert-OH is 1. The van der Waals surface area contributed by atoms with Gasteiger partial charge in [-0.05, 0) is 25.8 Å². The number of pyridine rings is 1. The summed E-state index contributed by atoms with van der Waals surface area (Å²) in [5.74, 6) is 0.741. The van der Waals surface area contributed by atoms with Gasteiger partial charge in [0.15, 0.2) is 0 Å². The van der Waals surface area contributed by atoms with E-state index in [9.17, 15) is 10.1 Å². The van der Waals surface area contributed by atoms with Crippen molar-refractivity contribution in [1.29, 1.82) is 0 Å². The van der Waals surface area contributed by atoms with Crippen LogP contribution in [0.5, 0.6) is 0 Å². The number of rotatable bonds is 8. The van der Waals surface area contributed by atoms with Crippen molar-refractivity contribution in [3.63, 3.8) is 0 Å². The first-order chi connectivity index (χ1) is 9.10. The lowest BCUT2D eigenvalue weighted by Gasteiger charge is -2.23. The van der Waals surface area contributed by atoms with E-state index >= 15 is 0 Å². The molecule has 0 saturated heterocycles. The predicted molar refractivity (Wildman–Crippen MR) is 74.5 cm³/mol. The third-order valence-electron chi connectivity index (χ3n) is 2.93. The van der Waals surface area contributed by atoms with E-state index in [0.29, 0.717) is 18.7 Å². The molecule has 1 aromatic rings. The Morgan fingerprint density at radius 1 is 1.37 bits per heavy atom. The molecule has 0 unspecified atom stereocenters. The molecule has 1 aromatic heterocycles. The van der Waals surface area contributed by atoms with E-state index in [2.05, 4.69) is 16.8 Å². The van der Waals surface area contributed by atoms with Crippen molar-refractivity contribution in [1.82, 2.24) is 4.98 Å². The number of aryl methyl sites for hydroxylation is 1. The summed E-state index contributed by atoms with van der Waals surface area (Å²) >= 11 is 0. The number of nitro groups is 1. The molecule has 0 saturated carbocycles. The summed E-state index contributed by atoms with van der Waals surface area (Å²) in [5.41, 5.74) is 0.467. The van der Waals surface area contributed by atoms with Gasteiger partial charge in [0, 0.05) is 25.8 Å². The molecule has 6 nitrogen and oxygen atoms in total. The van der Waals surface area contributed by atoms with E-state index in [1.807, 2.05) is 0 Å². The summed E-state index contributed by atoms with van der Waals surface area (Å²) in [6.45, 7) is 5.44. The summed E-state index contributed by atoms with van der Waals surface area (Å²) in [7, 11) is 0. The van der Waals surface area contributed by atoms with Crippen molar-refractivity contribution in [2.24, 2.45) is 0 Å². The standard InChI is InChI=1S/C13H21N3O3/c1-3-4-8-15(9-5-10-17)13-7-6-12(16(18)19)11(2)14-13/h6-7,17H,3-5,8-10H2,1-2H3. The normalized spacial score (nSPS) is 10.5. The Hall–Kier alpha value is -1.69. The van der Waals surface area contributed by atoms with E-state index in [0.717, 1.165) is 25.2 Å². The molecule has 19 heavy (non-hydrogen) atoms. The van der Waals surface area contributed by atoms with Gasteiger partial charge in [-0.3, -0.25) is 10.1 Å². The van der Waals surface area contributed by atoms with Crippen LogP contribution in [0.25, 0.3) is 0 Å². The molecule has 6 heteroatoms. The minimum Gasteiger partial charge on any atom is -0.396 e. The average molecular weight is 267 g/mol. The summed E-state index contributed by atoms with van der Waals surface area (Å²) < 4.78 is 0. The first-order valence-corrected chi connectivity index (χ1v) is 6.58. The molecular weight excluding hydrogens is 246 g/mol. The second-order valence-electron chi connectivity index (χ2n) is 4.45. The summed E-state index contributed by atoms with van der Waals surface area (Å²) in [4.78, 5) is 16.7. The number of aromatic nitrogens is 1. The number of hydrogen-bond donors (Lipinski definition) is 1. The lowest BCUT2D eigenvalue weighted by molar-refractivity contribution is -0.385. The Bertz CT molecular complexity index is 416. The highest BCUT2D eigenvalue weighted by Gasteiger charge is 2.14. The van der Waals surface area contributed by atoms with Crippen molar-refractivity contribution in [2.75, 3.05) is 24.6 Å². The van der Waals surface area contributed by atoms with Gasteiger partial charge >= 0.3 is 0 Å². The number of hydrogen-bond acceptors (Lipinski definition) is 5. The van der Waals surface area contributed by atoms with Crippen molar-refractivity contribution in [3.8, 4) is 0 Å². The minimum absolute atomic E-state index is 0.0429. The lowest BCUT2D eigenvalue weighted by atomic mass is 10.2. The van der Waals surface area contributed by atoms with Crippen LogP contribution < -0.4 is 4.90 Å². The highest BCUT2D eigenvalue weighted by molar-refractivity contribution is 5.46. The first-order valence-electron chi connectivity index (χ1n) is 6.58. The zero-order valence-electron chi connectivity index (χ0n) is 11.5. The van der Waals surface area contributed by atoms with E-state index in [1.165, 1.54) is 6.07 Å². The molecule has 0 aliphatic rings. The van der Waals surface area contributed by atoms with E-state index in [4.69, 9.17) is 5.11 Å². The van der Waals surface area contributed by atoms with Gasteiger partial charge in [0.05, 0.1) is 4.92 Å². The minimum atomic E-state index is -0.420. The largest absolute Gasteiger partial charge is 0.396 e. The SMILES string of the molecule is CCCCN(CCCO)c1ccc([N+](=O)[O-])c(C)n1. The van der Waals surface area contributed by atoms with Gasteiger partial charge < -0.3 is 10.0 Å². The summed E-state index contributed by atoms with van der Waals surface area (Å²) in [5, 5.41) is 19.7. The quantitative estimate of drug-likeness (QED) is 0.577. The number of anilines is 1. The number of aliphatic hydroxyl groups is 1. The van der Waals surface area contributed by atoms with Gasteiger partial charge in [0.1, 0.15) is 11.5 Å². The molecule has 0 bridgehead atoms. The Morgan fingerprint density at radius 2 is 2.05 bits per heavy atom. The monoisotopic (exact) mass is 267 g/mol. The van der Waals surface area contributed by atoms with Crippen LogP contribution >= 0.6 is 0 Å². The van der Waals surface area contributed by atoms with Crippen LogP contribution in [0.1, 0.15) is 31.9 Å². The second kappa shape index (κ2) is 7.68. The molecule has 0 radical (unpaired) electrons. The van der Waals surface area contributed by atoms with Gasteiger partial charge in [-0.25, -0.2) is 4.98 Å². The van der Waals surface area contributed by atoms with Gasteiger partial charge in [0.25, 0.3) is 5.69 Å². The van der Waals surface area contributed by atoms with Crippen molar-refractivity contribution < 1.29 is 10.0 Å². The molecule has 1 N–H and O–H groups in total. The summed E-state index contributed by atoms with van der Waals surface area (Å²) in [6.07, 6.45) is 2.77. The molecule has 0 aromatic carbocycles. The lowest BCUT2D eigenvalue weighted by Crippen LogP contribution is -2.27. The first kappa shape index (κ1) is 15.4. The molecule has 1 heterocycles. The number of nitrogens with zero attached hydrogens (tertiary/aromatic N) is 3. The molecule has 0 amide bonds. The molecule has 0 fully saturated rings. The summed E-state index contributed by atoms with van der Waals surface area (Å²) in [6, 6.07) is 3.17. The topological polar surface area (TPSA) is 79.5 Å². The smallest absolute Gasteiger partial charge is 0.290 e. The maximum absolute atomic E-state index is 10.8. The fourth-order valence-corrected chi connectivity index (χ4v) is 1.86. The zero-order valence-corrected chi connectivity index (χ0v) is 11.5. The van der Waals surface area contributed by atoms with Gasteiger partial charge in [-0.1, -0.05) is 13.3 Å². The van der Waals surface area contributed by atoms with Crippen LogP contribution in [0.2, 0.25) is 0 Å². The third kappa shape index (κ3) is 4.48. The molecule has 0 aliphatic heterocycles.